The van der Waals surface area contributed by atoms with Gasteiger partial charge >= 0.3 is 0 Å². The number of halogens is 1. The summed E-state index contributed by atoms with van der Waals surface area (Å²) in [6.45, 7) is 0.286. The molecule has 0 saturated carbocycles. The molecule has 2 N–H and O–H groups in total. The molecule has 0 saturated heterocycles. The number of aromatic nitrogens is 2. The Bertz CT molecular complexity index is 1220. The molecule has 2 aromatic carbocycles. The highest BCUT2D eigenvalue weighted by Gasteiger charge is 2.17. The Hall–Kier alpha value is -3.85. The monoisotopic (exact) mass is 450 g/mol. The summed E-state index contributed by atoms with van der Waals surface area (Å²) in [4.78, 5) is 29.2. The predicted octanol–water partition coefficient (Wildman–Crippen LogP) is 4.51. The van der Waals surface area contributed by atoms with Gasteiger partial charge in [-0.25, -0.2) is 9.37 Å². The molecule has 0 aliphatic carbocycles. The number of hydrogen-bond donors (Lipinski definition) is 2. The summed E-state index contributed by atoms with van der Waals surface area (Å²) < 4.78 is 20.1. The highest BCUT2D eigenvalue weighted by Crippen LogP contribution is 2.22. The maximum atomic E-state index is 13.3. The predicted molar refractivity (Wildman–Crippen MR) is 120 cm³/mol. The molecule has 162 valence electrons. The normalized spacial score (nSPS) is 10.7. The van der Waals surface area contributed by atoms with E-state index in [-0.39, 0.29) is 29.9 Å². The zero-order valence-electron chi connectivity index (χ0n) is 17.0. The van der Waals surface area contributed by atoms with Gasteiger partial charge < -0.3 is 15.1 Å². The number of anilines is 1. The first-order chi connectivity index (χ1) is 15.5. The van der Waals surface area contributed by atoms with E-state index in [2.05, 4.69) is 15.6 Å². The van der Waals surface area contributed by atoms with Crippen molar-refractivity contribution < 1.29 is 18.4 Å². The number of rotatable bonds is 7. The van der Waals surface area contributed by atoms with Gasteiger partial charge in [0.05, 0.1) is 12.5 Å². The quantitative estimate of drug-likeness (QED) is 0.405. The number of hydrogen-bond acceptors (Lipinski definition) is 5. The van der Waals surface area contributed by atoms with Crippen LogP contribution in [0.25, 0.3) is 5.69 Å². The first-order valence-corrected chi connectivity index (χ1v) is 10.9. The molecule has 0 unspecified atom stereocenters. The standard InChI is InChI=1S/C23H19FN4O3S/c1-32-23-26-14-19(28(23)18-10-6-16(24)7-11-18)21(29)25-13-15-4-8-17(9-5-15)27-22(30)20-3-2-12-31-20/h2-12,14H,13H2,1H3,(H,25,29)(H,27,30). The molecule has 0 atom stereocenters. The van der Waals surface area contributed by atoms with Crippen LogP contribution in [-0.2, 0) is 6.54 Å². The Morgan fingerprint density at radius 2 is 1.81 bits per heavy atom. The molecule has 2 aromatic heterocycles. The molecule has 32 heavy (non-hydrogen) atoms. The summed E-state index contributed by atoms with van der Waals surface area (Å²) in [6, 6.07) is 16.2. The molecule has 2 amide bonds. The highest BCUT2D eigenvalue weighted by atomic mass is 32.2. The third-order valence-corrected chi connectivity index (χ3v) is 5.29. The Morgan fingerprint density at radius 3 is 2.47 bits per heavy atom. The molecule has 0 spiro atoms. The Labute approximate surface area is 187 Å². The van der Waals surface area contributed by atoms with Crippen molar-refractivity contribution in [2.75, 3.05) is 11.6 Å². The van der Waals surface area contributed by atoms with Gasteiger partial charge in [0.2, 0.25) is 0 Å². The number of carbonyl (C=O) groups excluding carboxylic acids is 2. The molecule has 7 nitrogen and oxygen atoms in total. The summed E-state index contributed by atoms with van der Waals surface area (Å²) >= 11 is 1.39. The van der Waals surface area contributed by atoms with Gasteiger partial charge in [-0.1, -0.05) is 23.9 Å². The molecule has 4 aromatic rings. The van der Waals surface area contributed by atoms with Crippen LogP contribution in [0.1, 0.15) is 26.6 Å². The largest absolute Gasteiger partial charge is 0.459 e. The van der Waals surface area contributed by atoms with E-state index in [9.17, 15) is 14.0 Å². The molecule has 0 fully saturated rings. The molecular formula is C23H19FN4O3S. The Balaban J connectivity index is 1.42. The molecule has 0 aliphatic heterocycles. The van der Waals surface area contributed by atoms with Gasteiger partial charge in [0.15, 0.2) is 10.9 Å². The minimum Gasteiger partial charge on any atom is -0.459 e. The number of carbonyl (C=O) groups is 2. The van der Waals surface area contributed by atoms with Gasteiger partial charge in [0.1, 0.15) is 11.5 Å². The smallest absolute Gasteiger partial charge is 0.291 e. The van der Waals surface area contributed by atoms with Crippen molar-refractivity contribution in [2.45, 2.75) is 11.7 Å². The van der Waals surface area contributed by atoms with E-state index in [1.807, 2.05) is 18.4 Å². The van der Waals surface area contributed by atoms with Crippen LogP contribution in [0.2, 0.25) is 0 Å². The van der Waals surface area contributed by atoms with Crippen LogP contribution in [0.4, 0.5) is 10.1 Å². The zero-order valence-corrected chi connectivity index (χ0v) is 17.9. The first kappa shape index (κ1) is 21.4. The Morgan fingerprint density at radius 1 is 1.06 bits per heavy atom. The summed E-state index contributed by atoms with van der Waals surface area (Å²) in [7, 11) is 0. The fraction of sp³-hybridized carbons (Fsp3) is 0.0870. The average molecular weight is 450 g/mol. The fourth-order valence-electron chi connectivity index (χ4n) is 3.06. The van der Waals surface area contributed by atoms with Crippen molar-refractivity contribution in [1.82, 2.24) is 14.9 Å². The van der Waals surface area contributed by atoms with Crippen LogP contribution >= 0.6 is 11.8 Å². The molecular weight excluding hydrogens is 431 g/mol. The number of nitrogens with one attached hydrogen (secondary N) is 2. The Kier molecular flexibility index (Phi) is 6.37. The van der Waals surface area contributed by atoms with Gasteiger partial charge in [-0.05, 0) is 60.4 Å². The SMILES string of the molecule is CSc1ncc(C(=O)NCc2ccc(NC(=O)c3ccco3)cc2)n1-c1ccc(F)cc1. The lowest BCUT2D eigenvalue weighted by Crippen LogP contribution is -2.25. The minimum atomic E-state index is -0.352. The second-order valence-electron chi connectivity index (χ2n) is 6.75. The van der Waals surface area contributed by atoms with Crippen molar-refractivity contribution in [3.05, 3.63) is 96.0 Å². The zero-order chi connectivity index (χ0) is 22.5. The summed E-state index contributed by atoms with van der Waals surface area (Å²) in [6.07, 6.45) is 4.79. The van der Waals surface area contributed by atoms with Crippen molar-refractivity contribution in [3.63, 3.8) is 0 Å². The number of imidazole rings is 1. The van der Waals surface area contributed by atoms with Crippen molar-refractivity contribution in [1.29, 1.82) is 0 Å². The fourth-order valence-corrected chi connectivity index (χ4v) is 3.60. The van der Waals surface area contributed by atoms with E-state index in [0.29, 0.717) is 22.2 Å². The topological polar surface area (TPSA) is 89.2 Å². The molecule has 0 aliphatic rings. The third kappa shape index (κ3) is 4.73. The van der Waals surface area contributed by atoms with Crippen LogP contribution in [0.3, 0.4) is 0 Å². The lowest BCUT2D eigenvalue weighted by Gasteiger charge is -2.11. The van der Waals surface area contributed by atoms with E-state index in [1.165, 1.54) is 36.4 Å². The van der Waals surface area contributed by atoms with Crippen molar-refractivity contribution >= 4 is 29.3 Å². The van der Waals surface area contributed by atoms with E-state index < -0.39 is 0 Å². The lowest BCUT2D eigenvalue weighted by atomic mass is 10.2. The van der Waals surface area contributed by atoms with Crippen LogP contribution in [0.5, 0.6) is 0 Å². The summed E-state index contributed by atoms with van der Waals surface area (Å²) in [5.74, 6) is -0.773. The maximum Gasteiger partial charge on any atom is 0.291 e. The summed E-state index contributed by atoms with van der Waals surface area (Å²) in [5.41, 5.74) is 2.46. The van der Waals surface area contributed by atoms with E-state index in [0.717, 1.165) is 5.56 Å². The van der Waals surface area contributed by atoms with Gasteiger partial charge in [0, 0.05) is 17.9 Å². The second-order valence-corrected chi connectivity index (χ2v) is 7.53. The molecule has 0 radical (unpaired) electrons. The summed E-state index contributed by atoms with van der Waals surface area (Å²) in [5, 5.41) is 6.24. The van der Waals surface area contributed by atoms with E-state index in [1.54, 1.807) is 41.0 Å². The first-order valence-electron chi connectivity index (χ1n) is 9.65. The highest BCUT2D eigenvalue weighted by molar-refractivity contribution is 7.98. The van der Waals surface area contributed by atoms with Crippen LogP contribution in [0.15, 0.2) is 82.7 Å². The minimum absolute atomic E-state index is 0.226. The number of furan rings is 1. The molecule has 4 rings (SSSR count). The van der Waals surface area contributed by atoms with Gasteiger partial charge in [-0.15, -0.1) is 0 Å². The van der Waals surface area contributed by atoms with Crippen molar-refractivity contribution in [3.8, 4) is 5.69 Å². The molecule has 2 heterocycles. The second kappa shape index (κ2) is 9.52. The third-order valence-electron chi connectivity index (χ3n) is 4.64. The van der Waals surface area contributed by atoms with Gasteiger partial charge in [-0.3, -0.25) is 14.2 Å². The van der Waals surface area contributed by atoms with Gasteiger partial charge in [0.25, 0.3) is 11.8 Å². The van der Waals surface area contributed by atoms with Crippen molar-refractivity contribution in [2.24, 2.45) is 0 Å². The number of nitrogens with zero attached hydrogens (tertiary/aromatic N) is 2. The van der Waals surface area contributed by atoms with E-state index >= 15 is 0 Å². The number of amides is 2. The lowest BCUT2D eigenvalue weighted by molar-refractivity contribution is 0.0942. The van der Waals surface area contributed by atoms with Crippen LogP contribution in [0, 0.1) is 5.82 Å². The number of thioether (sulfide) groups is 1. The van der Waals surface area contributed by atoms with E-state index in [4.69, 9.17) is 4.42 Å². The van der Waals surface area contributed by atoms with Gasteiger partial charge in [-0.2, -0.15) is 0 Å². The van der Waals surface area contributed by atoms with Crippen LogP contribution in [-0.4, -0.2) is 27.6 Å². The molecule has 0 bridgehead atoms. The number of benzene rings is 2. The van der Waals surface area contributed by atoms with Crippen LogP contribution < -0.4 is 10.6 Å². The molecule has 9 heteroatoms. The average Bonchev–Trinajstić information content (AvgIpc) is 3.49. The maximum absolute atomic E-state index is 13.3.